The Kier molecular flexibility index (Phi) is 9.03. The van der Waals surface area contributed by atoms with Crippen LogP contribution >= 0.6 is 0 Å². The Labute approximate surface area is 262 Å². The number of ether oxygens (including phenoxy) is 1. The van der Waals surface area contributed by atoms with Gasteiger partial charge in [-0.05, 0) is 66.2 Å². The van der Waals surface area contributed by atoms with Gasteiger partial charge in [0.1, 0.15) is 23.0 Å². The van der Waals surface area contributed by atoms with Gasteiger partial charge in [-0.3, -0.25) is 20.1 Å². The summed E-state index contributed by atoms with van der Waals surface area (Å²) in [6.45, 7) is 5.94. The topological polar surface area (TPSA) is 123 Å². The van der Waals surface area contributed by atoms with Gasteiger partial charge in [-0.1, -0.05) is 32.9 Å². The van der Waals surface area contributed by atoms with Crippen LogP contribution in [0.2, 0.25) is 0 Å². The summed E-state index contributed by atoms with van der Waals surface area (Å²) in [7, 11) is 0. The molecule has 10 nitrogen and oxygen atoms in total. The zero-order chi connectivity index (χ0) is 32.9. The molecule has 3 N–H and O–H groups in total. The van der Waals surface area contributed by atoms with Gasteiger partial charge in [0.05, 0.1) is 11.4 Å². The number of halogens is 3. The number of hydrogen-bond donors (Lipinski definition) is 3. The maximum Gasteiger partial charge on any atom is 0.433 e. The molecule has 0 fully saturated rings. The molecule has 0 saturated carbocycles. The number of amides is 3. The van der Waals surface area contributed by atoms with E-state index < -0.39 is 23.8 Å². The first-order valence-corrected chi connectivity index (χ1v) is 14.1. The number of anilines is 2. The SMILES string of the molecule is CC(C)(C)c1cc(NC(=O)Nc2ccc(Oc3ccncc3)cc2)n(-c2cccc(C(=O)NCc3ccc(C(F)(F)F)nc3)c2)n1. The number of urea groups is 1. The fourth-order valence-corrected chi connectivity index (χ4v) is 4.22. The van der Waals surface area contributed by atoms with Gasteiger partial charge < -0.3 is 15.4 Å². The van der Waals surface area contributed by atoms with E-state index in [-0.39, 0.29) is 17.5 Å². The minimum Gasteiger partial charge on any atom is -0.457 e. The molecular weight excluding hydrogens is 599 g/mol. The van der Waals surface area contributed by atoms with Crippen molar-refractivity contribution in [2.24, 2.45) is 0 Å². The summed E-state index contributed by atoms with van der Waals surface area (Å²) in [6, 6.07) is 20.3. The van der Waals surface area contributed by atoms with E-state index in [0.29, 0.717) is 39.9 Å². The van der Waals surface area contributed by atoms with E-state index in [0.717, 1.165) is 12.3 Å². The molecule has 0 spiro atoms. The van der Waals surface area contributed by atoms with Crippen LogP contribution in [0.1, 0.15) is 48.1 Å². The Morgan fingerprint density at radius 3 is 2.22 bits per heavy atom. The Bertz CT molecular complexity index is 1820. The molecule has 0 saturated heterocycles. The highest BCUT2D eigenvalue weighted by molar-refractivity contribution is 5.99. The number of hydrogen-bond acceptors (Lipinski definition) is 6. The van der Waals surface area contributed by atoms with E-state index in [2.05, 4.69) is 25.9 Å². The first kappa shape index (κ1) is 31.7. The monoisotopic (exact) mass is 629 g/mol. The summed E-state index contributed by atoms with van der Waals surface area (Å²) >= 11 is 0. The Balaban J connectivity index is 1.28. The van der Waals surface area contributed by atoms with Crippen LogP contribution in [0.25, 0.3) is 5.69 Å². The van der Waals surface area contributed by atoms with E-state index in [1.807, 2.05) is 20.8 Å². The van der Waals surface area contributed by atoms with Gasteiger partial charge in [-0.15, -0.1) is 0 Å². The minimum atomic E-state index is -4.54. The molecule has 0 radical (unpaired) electrons. The minimum absolute atomic E-state index is 0.0199. The lowest BCUT2D eigenvalue weighted by molar-refractivity contribution is -0.141. The molecule has 3 amide bonds. The van der Waals surface area contributed by atoms with Gasteiger partial charge >= 0.3 is 12.2 Å². The number of carbonyl (C=O) groups is 2. The van der Waals surface area contributed by atoms with Gasteiger partial charge in [0, 0.05) is 47.9 Å². The van der Waals surface area contributed by atoms with E-state index in [9.17, 15) is 22.8 Å². The van der Waals surface area contributed by atoms with Gasteiger partial charge in [0.2, 0.25) is 0 Å². The molecule has 0 aliphatic heterocycles. The number of benzene rings is 2. The number of rotatable bonds is 8. The molecule has 46 heavy (non-hydrogen) atoms. The Morgan fingerprint density at radius 2 is 1.57 bits per heavy atom. The van der Waals surface area contributed by atoms with Crippen molar-refractivity contribution >= 4 is 23.4 Å². The standard InChI is InChI=1S/C33H30F3N7O3/c1-32(2,3)28-18-29(41-31(45)40-23-8-10-25(11-9-23)46-26-13-15-37-16-14-26)43(42-28)24-6-4-5-22(17-24)30(44)39-20-21-7-12-27(38-19-21)33(34,35)36/h4-19H,20H2,1-3H3,(H,39,44)(H2,40,41,45). The number of nitrogens with zero attached hydrogens (tertiary/aromatic N) is 4. The number of alkyl halides is 3. The zero-order valence-corrected chi connectivity index (χ0v) is 25.1. The average Bonchev–Trinajstić information content (AvgIpc) is 3.45. The fourth-order valence-electron chi connectivity index (χ4n) is 4.22. The van der Waals surface area contributed by atoms with Crippen LogP contribution in [0.5, 0.6) is 11.5 Å². The molecule has 5 aromatic rings. The lowest BCUT2D eigenvalue weighted by Crippen LogP contribution is -2.23. The molecule has 0 unspecified atom stereocenters. The third-order valence-electron chi connectivity index (χ3n) is 6.64. The van der Waals surface area contributed by atoms with Gasteiger partial charge in [0.25, 0.3) is 5.91 Å². The van der Waals surface area contributed by atoms with Gasteiger partial charge in [-0.25, -0.2) is 9.48 Å². The molecule has 2 aromatic carbocycles. The molecule has 5 rings (SSSR count). The highest BCUT2D eigenvalue weighted by Gasteiger charge is 2.32. The predicted molar refractivity (Wildman–Crippen MR) is 166 cm³/mol. The number of aromatic nitrogens is 4. The number of nitrogens with one attached hydrogen (secondary N) is 3. The van der Waals surface area contributed by atoms with E-state index in [1.54, 1.807) is 79.1 Å². The molecule has 13 heteroatoms. The third-order valence-corrected chi connectivity index (χ3v) is 6.64. The molecular formula is C33H30F3N7O3. The van der Waals surface area contributed by atoms with Crippen molar-refractivity contribution in [3.05, 3.63) is 120 Å². The van der Waals surface area contributed by atoms with Crippen LogP contribution in [0, 0.1) is 0 Å². The van der Waals surface area contributed by atoms with Crippen molar-refractivity contribution in [1.29, 1.82) is 0 Å². The van der Waals surface area contributed by atoms with Crippen LogP contribution in [-0.4, -0.2) is 31.7 Å². The van der Waals surface area contributed by atoms with Crippen molar-refractivity contribution in [1.82, 2.24) is 25.1 Å². The second-order valence-electron chi connectivity index (χ2n) is 11.2. The van der Waals surface area contributed by atoms with Crippen molar-refractivity contribution in [2.75, 3.05) is 10.6 Å². The molecule has 0 aliphatic carbocycles. The summed E-state index contributed by atoms with van der Waals surface area (Å²) in [5.41, 5.74) is 1.07. The van der Waals surface area contributed by atoms with E-state index in [4.69, 9.17) is 9.84 Å². The second kappa shape index (κ2) is 13.1. The number of pyridine rings is 2. The molecule has 0 atom stereocenters. The average molecular weight is 630 g/mol. The fraction of sp³-hybridized carbons (Fsp3) is 0.182. The third kappa shape index (κ3) is 8.05. The molecule has 0 bridgehead atoms. The van der Waals surface area contributed by atoms with Gasteiger partial charge in [0.15, 0.2) is 0 Å². The summed E-state index contributed by atoms with van der Waals surface area (Å²) in [5, 5.41) is 13.0. The first-order valence-electron chi connectivity index (χ1n) is 14.1. The van der Waals surface area contributed by atoms with Crippen LogP contribution in [0.4, 0.5) is 29.5 Å². The van der Waals surface area contributed by atoms with Crippen LogP contribution in [0.3, 0.4) is 0 Å². The smallest absolute Gasteiger partial charge is 0.433 e. The zero-order valence-electron chi connectivity index (χ0n) is 25.1. The first-order chi connectivity index (χ1) is 21.8. The predicted octanol–water partition coefficient (Wildman–Crippen LogP) is 7.34. The van der Waals surface area contributed by atoms with Crippen molar-refractivity contribution in [3.63, 3.8) is 0 Å². The van der Waals surface area contributed by atoms with Crippen molar-refractivity contribution in [3.8, 4) is 17.2 Å². The van der Waals surface area contributed by atoms with Crippen LogP contribution in [0.15, 0.2) is 97.5 Å². The maximum atomic E-state index is 13.0. The molecule has 0 aliphatic rings. The maximum absolute atomic E-state index is 13.0. The number of carbonyl (C=O) groups excluding carboxylic acids is 2. The Morgan fingerprint density at radius 1 is 0.848 bits per heavy atom. The highest BCUT2D eigenvalue weighted by Crippen LogP contribution is 2.28. The van der Waals surface area contributed by atoms with Gasteiger partial charge in [-0.2, -0.15) is 18.3 Å². The van der Waals surface area contributed by atoms with Crippen LogP contribution < -0.4 is 20.7 Å². The normalized spacial score (nSPS) is 11.5. The van der Waals surface area contributed by atoms with E-state index >= 15 is 0 Å². The van der Waals surface area contributed by atoms with E-state index in [1.165, 1.54) is 10.7 Å². The Hall–Kier alpha value is -5.72. The summed E-state index contributed by atoms with van der Waals surface area (Å²) < 4.78 is 45.7. The second-order valence-corrected chi connectivity index (χ2v) is 11.2. The van der Waals surface area contributed by atoms with Crippen molar-refractivity contribution < 1.29 is 27.5 Å². The quantitative estimate of drug-likeness (QED) is 0.165. The van der Waals surface area contributed by atoms with Crippen molar-refractivity contribution in [2.45, 2.75) is 38.9 Å². The lowest BCUT2D eigenvalue weighted by Gasteiger charge is -2.14. The lowest BCUT2D eigenvalue weighted by atomic mass is 9.92. The summed E-state index contributed by atoms with van der Waals surface area (Å²) in [5.74, 6) is 1.14. The largest absolute Gasteiger partial charge is 0.457 e. The molecule has 236 valence electrons. The van der Waals surface area contributed by atoms with Crippen LogP contribution in [-0.2, 0) is 18.1 Å². The molecule has 3 aromatic heterocycles. The summed E-state index contributed by atoms with van der Waals surface area (Å²) in [6.07, 6.45) is -0.217. The molecule has 3 heterocycles. The highest BCUT2D eigenvalue weighted by atomic mass is 19.4. The summed E-state index contributed by atoms with van der Waals surface area (Å²) in [4.78, 5) is 33.4.